The molecule has 148 valence electrons. The first kappa shape index (κ1) is 20.5. The van der Waals surface area contributed by atoms with Gasteiger partial charge in [0, 0.05) is 17.8 Å². The molecule has 1 aliphatic heterocycles. The summed E-state index contributed by atoms with van der Waals surface area (Å²) in [5.74, 6) is -0.772. The Morgan fingerprint density at radius 2 is 1.79 bits per heavy atom. The van der Waals surface area contributed by atoms with E-state index in [4.69, 9.17) is 11.0 Å². The second-order valence-corrected chi connectivity index (χ2v) is 7.77. The Hall–Kier alpha value is -3.24. The first-order valence-corrected chi connectivity index (χ1v) is 10.1. The molecule has 0 fully saturated rings. The third-order valence-corrected chi connectivity index (χ3v) is 6.01. The van der Waals surface area contributed by atoms with Gasteiger partial charge in [-0.2, -0.15) is 5.26 Å². The summed E-state index contributed by atoms with van der Waals surface area (Å²) >= 11 is 1.20. The summed E-state index contributed by atoms with van der Waals surface area (Å²) in [5.41, 5.74) is 8.51. The number of carbonyl (C=O) groups is 2. The summed E-state index contributed by atoms with van der Waals surface area (Å²) in [5, 5.41) is 11.8. The van der Waals surface area contributed by atoms with Crippen LogP contribution in [0.15, 0.2) is 65.2 Å². The average Bonchev–Trinajstić information content (AvgIpc) is 3.03. The molecule has 29 heavy (non-hydrogen) atoms. The Bertz CT molecular complexity index is 965. The van der Waals surface area contributed by atoms with E-state index in [1.807, 2.05) is 35.2 Å². The number of hydrogen-bond acceptors (Lipinski definition) is 5. The van der Waals surface area contributed by atoms with E-state index in [0.717, 1.165) is 12.0 Å². The number of carbonyl (C=O) groups excluding carboxylic acids is 2. The van der Waals surface area contributed by atoms with Crippen molar-refractivity contribution in [1.82, 2.24) is 10.2 Å². The number of amides is 2. The highest BCUT2D eigenvalue weighted by atomic mass is 32.2. The van der Waals surface area contributed by atoms with Gasteiger partial charge in [-0.1, -0.05) is 54.2 Å². The van der Waals surface area contributed by atoms with Crippen molar-refractivity contribution >= 4 is 23.6 Å². The predicted molar refractivity (Wildman–Crippen MR) is 113 cm³/mol. The fraction of sp³-hybridized carbons (Fsp3) is 0.227. The first-order chi connectivity index (χ1) is 14.0. The van der Waals surface area contributed by atoms with Gasteiger partial charge in [0.1, 0.15) is 0 Å². The highest BCUT2D eigenvalue weighted by Gasteiger charge is 2.33. The van der Waals surface area contributed by atoms with Crippen LogP contribution in [-0.4, -0.2) is 28.8 Å². The Morgan fingerprint density at radius 3 is 2.41 bits per heavy atom. The molecular formula is C22H22N4O2S. The Balaban J connectivity index is 1.67. The number of benzene rings is 2. The summed E-state index contributed by atoms with van der Waals surface area (Å²) in [6, 6.07) is 19.7. The van der Waals surface area contributed by atoms with Gasteiger partial charge in [-0.05, 0) is 36.6 Å². The van der Waals surface area contributed by atoms with Crippen LogP contribution in [0.4, 0.5) is 0 Å². The predicted octanol–water partition coefficient (Wildman–Crippen LogP) is 2.97. The van der Waals surface area contributed by atoms with E-state index < -0.39 is 11.4 Å². The molecule has 0 bridgehead atoms. The molecule has 0 aromatic heterocycles. The monoisotopic (exact) mass is 406 g/mol. The van der Waals surface area contributed by atoms with Crippen LogP contribution in [0.25, 0.3) is 0 Å². The van der Waals surface area contributed by atoms with Gasteiger partial charge in [-0.3, -0.25) is 9.59 Å². The smallest absolute Gasteiger partial charge is 0.257 e. The first-order valence-electron chi connectivity index (χ1n) is 9.24. The van der Waals surface area contributed by atoms with E-state index in [2.05, 4.69) is 23.5 Å². The maximum Gasteiger partial charge on any atom is 0.257 e. The van der Waals surface area contributed by atoms with Gasteiger partial charge in [-0.15, -0.1) is 0 Å². The van der Waals surface area contributed by atoms with Crippen LogP contribution in [0.1, 0.15) is 34.8 Å². The van der Waals surface area contributed by atoms with Crippen molar-refractivity contribution in [1.29, 1.82) is 5.26 Å². The van der Waals surface area contributed by atoms with Crippen molar-refractivity contribution in [2.45, 2.75) is 25.3 Å². The molecule has 0 aliphatic carbocycles. The van der Waals surface area contributed by atoms with Crippen LogP contribution in [0.5, 0.6) is 0 Å². The Kier molecular flexibility index (Phi) is 6.57. The van der Waals surface area contributed by atoms with E-state index in [0.29, 0.717) is 22.7 Å². The number of allylic oxidation sites excluding steroid dienone is 1. The highest BCUT2D eigenvalue weighted by molar-refractivity contribution is 8.04. The number of hydrogen-bond donors (Lipinski definition) is 2. The number of nitriles is 1. The number of primary amides is 1. The number of nitrogens with two attached hydrogens (primary N) is 1. The minimum Gasteiger partial charge on any atom is -0.365 e. The molecule has 3 N–H and O–H groups in total. The molecule has 0 saturated carbocycles. The molecule has 1 unspecified atom stereocenters. The second kappa shape index (κ2) is 9.30. The quantitative estimate of drug-likeness (QED) is 0.736. The molecular weight excluding hydrogens is 384 g/mol. The molecule has 2 amide bonds. The lowest BCUT2D eigenvalue weighted by Crippen LogP contribution is -2.43. The summed E-state index contributed by atoms with van der Waals surface area (Å²) in [7, 11) is 0. The summed E-state index contributed by atoms with van der Waals surface area (Å²) in [4.78, 5) is 26.6. The number of nitrogens with one attached hydrogen (secondary N) is 1. The Labute approximate surface area is 174 Å². The van der Waals surface area contributed by atoms with Crippen LogP contribution >= 0.6 is 11.8 Å². The zero-order valence-corrected chi connectivity index (χ0v) is 16.9. The zero-order valence-electron chi connectivity index (χ0n) is 16.1. The molecule has 2 aromatic rings. The van der Waals surface area contributed by atoms with E-state index in [1.54, 1.807) is 19.1 Å². The maximum absolute atomic E-state index is 12.7. The fourth-order valence-electron chi connectivity index (χ4n) is 3.17. The van der Waals surface area contributed by atoms with Crippen molar-refractivity contribution in [2.75, 3.05) is 6.54 Å². The van der Waals surface area contributed by atoms with Crippen LogP contribution in [0, 0.1) is 11.3 Å². The molecule has 0 spiro atoms. The SMILES string of the molecule is CC1=C(C(N)=O)SC(NC(=O)c2ccc(Cc3ccccc3)cc2)N1CCC#N. The van der Waals surface area contributed by atoms with Crippen LogP contribution in [0.2, 0.25) is 0 Å². The summed E-state index contributed by atoms with van der Waals surface area (Å²) in [6.45, 7) is 2.18. The van der Waals surface area contributed by atoms with Gasteiger partial charge in [0.25, 0.3) is 11.8 Å². The van der Waals surface area contributed by atoms with Crippen molar-refractivity contribution in [3.05, 3.63) is 81.9 Å². The molecule has 3 rings (SSSR count). The largest absolute Gasteiger partial charge is 0.365 e. The topological polar surface area (TPSA) is 99.2 Å². The minimum atomic E-state index is -0.531. The van der Waals surface area contributed by atoms with E-state index in [1.165, 1.54) is 17.3 Å². The lowest BCUT2D eigenvalue weighted by molar-refractivity contribution is -0.114. The minimum absolute atomic E-state index is 0.241. The van der Waals surface area contributed by atoms with Crippen LogP contribution < -0.4 is 11.1 Å². The molecule has 1 aliphatic rings. The molecule has 7 heteroatoms. The lowest BCUT2D eigenvalue weighted by Gasteiger charge is -2.27. The van der Waals surface area contributed by atoms with Gasteiger partial charge in [0.05, 0.1) is 17.4 Å². The van der Waals surface area contributed by atoms with Gasteiger partial charge < -0.3 is 16.0 Å². The molecule has 6 nitrogen and oxygen atoms in total. The molecule has 0 saturated heterocycles. The fourth-order valence-corrected chi connectivity index (χ4v) is 4.35. The van der Waals surface area contributed by atoms with Crippen molar-refractivity contribution in [3.8, 4) is 6.07 Å². The van der Waals surface area contributed by atoms with E-state index in [-0.39, 0.29) is 12.3 Å². The number of nitrogens with zero attached hydrogens (tertiary/aromatic N) is 2. The lowest BCUT2D eigenvalue weighted by atomic mass is 10.0. The van der Waals surface area contributed by atoms with E-state index in [9.17, 15) is 9.59 Å². The van der Waals surface area contributed by atoms with Crippen molar-refractivity contribution in [2.24, 2.45) is 5.73 Å². The zero-order chi connectivity index (χ0) is 20.8. The normalized spacial score (nSPS) is 15.9. The average molecular weight is 407 g/mol. The van der Waals surface area contributed by atoms with Crippen molar-refractivity contribution < 1.29 is 9.59 Å². The van der Waals surface area contributed by atoms with Crippen LogP contribution in [0.3, 0.4) is 0 Å². The third kappa shape index (κ3) is 4.98. The summed E-state index contributed by atoms with van der Waals surface area (Å²) < 4.78 is 0. The van der Waals surface area contributed by atoms with Crippen LogP contribution in [-0.2, 0) is 11.2 Å². The molecule has 0 radical (unpaired) electrons. The second-order valence-electron chi connectivity index (χ2n) is 6.68. The number of rotatable bonds is 7. The highest BCUT2D eigenvalue weighted by Crippen LogP contribution is 2.36. The van der Waals surface area contributed by atoms with Gasteiger partial charge in [0.2, 0.25) is 0 Å². The van der Waals surface area contributed by atoms with Gasteiger partial charge in [0.15, 0.2) is 5.50 Å². The number of thioether (sulfide) groups is 1. The van der Waals surface area contributed by atoms with Gasteiger partial charge >= 0.3 is 0 Å². The molecule has 1 atom stereocenters. The van der Waals surface area contributed by atoms with Crippen molar-refractivity contribution in [3.63, 3.8) is 0 Å². The van der Waals surface area contributed by atoms with Gasteiger partial charge in [-0.25, -0.2) is 0 Å². The third-order valence-electron chi connectivity index (χ3n) is 4.68. The molecule has 2 aromatic carbocycles. The standard InChI is InChI=1S/C22H22N4O2S/c1-15-19(20(24)27)29-22(26(15)13-5-12-23)25-21(28)18-10-8-17(9-11-18)14-16-6-3-2-4-7-16/h2-4,6-11,22H,5,13-14H2,1H3,(H2,24,27)(H,25,28). The summed E-state index contributed by atoms with van der Waals surface area (Å²) in [6.07, 6.45) is 1.08. The van der Waals surface area contributed by atoms with E-state index >= 15 is 0 Å². The molecule has 1 heterocycles. The maximum atomic E-state index is 12.7. The Morgan fingerprint density at radius 1 is 1.14 bits per heavy atom.